The molecule has 0 radical (unpaired) electrons. The van der Waals surface area contributed by atoms with E-state index in [1.54, 1.807) is 32.4 Å². The molecule has 0 atom stereocenters. The van der Waals surface area contributed by atoms with Gasteiger partial charge in [-0.2, -0.15) is 0 Å². The normalized spacial score (nSPS) is 10.3. The fourth-order valence-electron chi connectivity index (χ4n) is 1.54. The largest absolute Gasteiger partial charge is 0.493 e. The summed E-state index contributed by atoms with van der Waals surface area (Å²) in [7, 11) is 3.14. The molecule has 1 aromatic carbocycles. The van der Waals surface area contributed by atoms with Crippen LogP contribution in [0.4, 0.5) is 0 Å². The third kappa shape index (κ3) is 5.14. The second-order valence-corrected chi connectivity index (χ2v) is 4.08. The molecule has 108 valence electrons. The maximum Gasteiger partial charge on any atom is 0.313 e. The number of benzene rings is 1. The van der Waals surface area contributed by atoms with Gasteiger partial charge in [0.15, 0.2) is 11.5 Å². The average molecular weight is 278 g/mol. The number of esters is 1. The number of ketones is 1. The van der Waals surface area contributed by atoms with Gasteiger partial charge < -0.3 is 14.2 Å². The maximum absolute atomic E-state index is 11.1. The first-order valence-corrected chi connectivity index (χ1v) is 6.10. The van der Waals surface area contributed by atoms with Crippen LogP contribution in [0.1, 0.15) is 18.9 Å². The van der Waals surface area contributed by atoms with Crippen LogP contribution in [0, 0.1) is 0 Å². The molecule has 0 aliphatic rings. The van der Waals surface area contributed by atoms with Gasteiger partial charge in [-0.15, -0.1) is 0 Å². The summed E-state index contributed by atoms with van der Waals surface area (Å²) in [5, 5.41) is 0. The van der Waals surface area contributed by atoms with Crippen LogP contribution in [-0.4, -0.2) is 32.6 Å². The smallest absolute Gasteiger partial charge is 0.313 e. The van der Waals surface area contributed by atoms with E-state index in [0.29, 0.717) is 11.5 Å². The highest BCUT2D eigenvalue weighted by atomic mass is 16.5. The molecule has 0 amide bonds. The zero-order valence-corrected chi connectivity index (χ0v) is 11.8. The summed E-state index contributed by atoms with van der Waals surface area (Å²) in [4.78, 5) is 21.8. The Labute approximate surface area is 118 Å². The molecule has 0 N–H and O–H groups in total. The summed E-state index contributed by atoms with van der Waals surface area (Å²) < 4.78 is 15.2. The molecular formula is C15H18O5. The Morgan fingerprint density at radius 3 is 2.45 bits per heavy atom. The number of hydrogen-bond donors (Lipinski definition) is 0. The van der Waals surface area contributed by atoms with Crippen LogP contribution in [-0.2, 0) is 14.3 Å². The van der Waals surface area contributed by atoms with E-state index in [1.807, 2.05) is 12.1 Å². The first-order valence-electron chi connectivity index (χ1n) is 6.10. The summed E-state index contributed by atoms with van der Waals surface area (Å²) in [6, 6.07) is 5.46. The maximum atomic E-state index is 11.1. The monoisotopic (exact) mass is 278 g/mol. The molecule has 5 nitrogen and oxygen atoms in total. The first-order chi connectivity index (χ1) is 9.56. The predicted molar refractivity (Wildman–Crippen MR) is 74.8 cm³/mol. The fourth-order valence-corrected chi connectivity index (χ4v) is 1.54. The lowest BCUT2D eigenvalue weighted by molar-refractivity contribution is -0.144. The van der Waals surface area contributed by atoms with Crippen molar-refractivity contribution in [2.45, 2.75) is 13.3 Å². The van der Waals surface area contributed by atoms with Gasteiger partial charge in [-0.05, 0) is 30.7 Å². The summed E-state index contributed by atoms with van der Waals surface area (Å²) in [5.41, 5.74) is 0.894. The van der Waals surface area contributed by atoms with Crippen molar-refractivity contribution in [1.82, 2.24) is 0 Å². The Hall–Kier alpha value is -2.30. The zero-order valence-electron chi connectivity index (χ0n) is 11.8. The highest BCUT2D eigenvalue weighted by molar-refractivity contribution is 5.94. The van der Waals surface area contributed by atoms with Crippen LogP contribution in [0.2, 0.25) is 0 Å². The third-order valence-corrected chi connectivity index (χ3v) is 2.45. The van der Waals surface area contributed by atoms with Gasteiger partial charge >= 0.3 is 5.97 Å². The molecule has 0 aromatic heterocycles. The Balaban J connectivity index is 2.54. The molecule has 0 aliphatic carbocycles. The van der Waals surface area contributed by atoms with E-state index in [9.17, 15) is 9.59 Å². The SMILES string of the molecule is COc1ccc(/C=C/COC(=O)CC(C)=O)cc1OC. The molecule has 0 unspecified atom stereocenters. The summed E-state index contributed by atoms with van der Waals surface area (Å²) in [6.07, 6.45) is 3.30. The topological polar surface area (TPSA) is 61.8 Å². The van der Waals surface area contributed by atoms with E-state index in [0.717, 1.165) is 5.56 Å². The number of methoxy groups -OCH3 is 2. The van der Waals surface area contributed by atoms with Gasteiger partial charge in [0.05, 0.1) is 14.2 Å². The minimum absolute atomic E-state index is 0.125. The molecule has 0 bridgehead atoms. The second kappa shape index (κ2) is 7.99. The van der Waals surface area contributed by atoms with Gasteiger partial charge in [-0.1, -0.05) is 12.1 Å². The molecule has 0 heterocycles. The second-order valence-electron chi connectivity index (χ2n) is 4.08. The van der Waals surface area contributed by atoms with E-state index >= 15 is 0 Å². The summed E-state index contributed by atoms with van der Waals surface area (Å²) in [5.74, 6) is 0.550. The lowest BCUT2D eigenvalue weighted by Gasteiger charge is -2.07. The number of carbonyl (C=O) groups excluding carboxylic acids is 2. The fraction of sp³-hybridized carbons (Fsp3) is 0.333. The Morgan fingerprint density at radius 2 is 1.85 bits per heavy atom. The molecule has 5 heteroatoms. The molecule has 0 aliphatic heterocycles. The van der Waals surface area contributed by atoms with Crippen LogP contribution < -0.4 is 9.47 Å². The predicted octanol–water partition coefficient (Wildman–Crippen LogP) is 2.24. The molecule has 1 aromatic rings. The Kier molecular flexibility index (Phi) is 6.29. The van der Waals surface area contributed by atoms with Crippen molar-refractivity contribution in [2.75, 3.05) is 20.8 Å². The summed E-state index contributed by atoms with van der Waals surface area (Å²) in [6.45, 7) is 1.47. The van der Waals surface area contributed by atoms with E-state index in [1.165, 1.54) is 6.92 Å². The number of hydrogen-bond acceptors (Lipinski definition) is 5. The summed E-state index contributed by atoms with van der Waals surface area (Å²) >= 11 is 0. The van der Waals surface area contributed by atoms with Crippen molar-refractivity contribution >= 4 is 17.8 Å². The van der Waals surface area contributed by atoms with Crippen molar-refractivity contribution < 1.29 is 23.8 Å². The minimum atomic E-state index is -0.519. The number of Topliss-reactive ketones (excluding diaryl/α,β-unsaturated/α-hetero) is 1. The quantitative estimate of drug-likeness (QED) is 0.565. The lowest BCUT2D eigenvalue weighted by atomic mass is 10.2. The lowest BCUT2D eigenvalue weighted by Crippen LogP contribution is -2.08. The minimum Gasteiger partial charge on any atom is -0.493 e. The van der Waals surface area contributed by atoms with Gasteiger partial charge in [0.25, 0.3) is 0 Å². The average Bonchev–Trinajstić information content (AvgIpc) is 2.42. The van der Waals surface area contributed by atoms with E-state index in [2.05, 4.69) is 0 Å². The molecule has 0 saturated heterocycles. The Morgan fingerprint density at radius 1 is 1.15 bits per heavy atom. The molecule has 0 spiro atoms. The molecular weight excluding hydrogens is 260 g/mol. The van der Waals surface area contributed by atoms with E-state index in [4.69, 9.17) is 14.2 Å². The van der Waals surface area contributed by atoms with Crippen molar-refractivity contribution in [2.24, 2.45) is 0 Å². The van der Waals surface area contributed by atoms with E-state index in [-0.39, 0.29) is 18.8 Å². The van der Waals surface area contributed by atoms with Gasteiger partial charge in [-0.25, -0.2) is 0 Å². The van der Waals surface area contributed by atoms with Gasteiger partial charge in [-0.3, -0.25) is 9.59 Å². The van der Waals surface area contributed by atoms with Crippen molar-refractivity contribution in [3.8, 4) is 11.5 Å². The molecule has 1 rings (SSSR count). The highest BCUT2D eigenvalue weighted by Crippen LogP contribution is 2.27. The van der Waals surface area contributed by atoms with E-state index < -0.39 is 5.97 Å². The van der Waals surface area contributed by atoms with Gasteiger partial charge in [0.2, 0.25) is 0 Å². The van der Waals surface area contributed by atoms with Gasteiger partial charge in [0.1, 0.15) is 18.8 Å². The molecule has 0 fully saturated rings. The van der Waals surface area contributed by atoms with Gasteiger partial charge in [0, 0.05) is 0 Å². The first kappa shape index (κ1) is 15.8. The van der Waals surface area contributed by atoms with Crippen molar-refractivity contribution in [3.63, 3.8) is 0 Å². The van der Waals surface area contributed by atoms with Crippen LogP contribution >= 0.6 is 0 Å². The molecule has 20 heavy (non-hydrogen) atoms. The van der Waals surface area contributed by atoms with Crippen LogP contribution in [0.25, 0.3) is 6.08 Å². The number of ether oxygens (including phenoxy) is 3. The zero-order chi connectivity index (χ0) is 15.0. The number of carbonyl (C=O) groups is 2. The third-order valence-electron chi connectivity index (χ3n) is 2.45. The van der Waals surface area contributed by atoms with Crippen molar-refractivity contribution in [1.29, 1.82) is 0 Å². The molecule has 0 saturated carbocycles. The Bertz CT molecular complexity index is 505. The van der Waals surface area contributed by atoms with Crippen LogP contribution in [0.3, 0.4) is 0 Å². The van der Waals surface area contributed by atoms with Crippen LogP contribution in [0.15, 0.2) is 24.3 Å². The van der Waals surface area contributed by atoms with Crippen LogP contribution in [0.5, 0.6) is 11.5 Å². The highest BCUT2D eigenvalue weighted by Gasteiger charge is 2.05. The van der Waals surface area contributed by atoms with Crippen molar-refractivity contribution in [3.05, 3.63) is 29.8 Å². The standard InChI is InChI=1S/C15H18O5/c1-11(16)9-15(17)20-8-4-5-12-6-7-13(18-2)14(10-12)19-3/h4-7,10H,8-9H2,1-3H3/b5-4+. The number of rotatable bonds is 7.